The number of hydrogen-bond donors (Lipinski definition) is 5. The topological polar surface area (TPSA) is 107 Å². The molecule has 2 aliphatic rings. The van der Waals surface area contributed by atoms with Gasteiger partial charge in [0.2, 0.25) is 5.91 Å². The number of amides is 1. The van der Waals surface area contributed by atoms with Gasteiger partial charge >= 0.3 is 0 Å². The molecule has 35 heavy (non-hydrogen) atoms. The Hall–Kier alpha value is -3.11. The lowest BCUT2D eigenvalue weighted by molar-refractivity contribution is -0.118. The second-order valence-corrected chi connectivity index (χ2v) is 10.5. The van der Waals surface area contributed by atoms with Crippen molar-refractivity contribution >= 4 is 34.0 Å². The molecule has 5 N–H and O–H groups in total. The number of hydrogen-bond acceptors (Lipinski definition) is 7. The van der Waals surface area contributed by atoms with Crippen molar-refractivity contribution in [2.45, 2.75) is 38.4 Å². The van der Waals surface area contributed by atoms with Gasteiger partial charge in [-0.15, -0.1) is 0 Å². The number of aromatic nitrogens is 3. The van der Waals surface area contributed by atoms with E-state index in [1.165, 1.54) is 5.56 Å². The number of carbonyl (C=O) groups excluding carboxylic acids is 1. The summed E-state index contributed by atoms with van der Waals surface area (Å²) in [5.74, 6) is 1.23. The first kappa shape index (κ1) is 22.4. The van der Waals surface area contributed by atoms with Crippen molar-refractivity contribution in [3.8, 4) is 11.1 Å². The summed E-state index contributed by atoms with van der Waals surface area (Å²) in [6, 6.07) is 11.0. The Bertz CT molecular complexity index is 1350. The Labute approximate surface area is 207 Å². The van der Waals surface area contributed by atoms with E-state index in [9.17, 15) is 4.79 Å². The Morgan fingerprint density at radius 3 is 2.94 bits per heavy atom. The van der Waals surface area contributed by atoms with Gasteiger partial charge in [-0.3, -0.25) is 15.2 Å². The minimum absolute atomic E-state index is 0.00317. The molecule has 4 unspecified atom stereocenters. The molecule has 180 valence electrons. The summed E-state index contributed by atoms with van der Waals surface area (Å²) < 4.78 is 0. The molecular formula is C26H29N7OS. The average Bonchev–Trinajstić information content (AvgIpc) is 3.62. The number of rotatable bonds is 5. The van der Waals surface area contributed by atoms with E-state index >= 15 is 0 Å². The zero-order chi connectivity index (χ0) is 23.9. The van der Waals surface area contributed by atoms with Crippen LogP contribution in [0.5, 0.6) is 0 Å². The number of para-hydroxylation sites is 1. The molecule has 1 amide bonds. The number of aromatic amines is 1. The molecule has 5 heterocycles. The molecule has 0 spiro atoms. The summed E-state index contributed by atoms with van der Waals surface area (Å²) in [4.78, 5) is 25.2. The molecule has 6 rings (SSSR count). The van der Waals surface area contributed by atoms with Crippen LogP contribution in [0.25, 0.3) is 22.2 Å². The van der Waals surface area contributed by atoms with Crippen LogP contribution in [0.15, 0.2) is 53.5 Å². The number of carbonyl (C=O) groups is 1. The predicted molar refractivity (Wildman–Crippen MR) is 139 cm³/mol. The van der Waals surface area contributed by atoms with Crippen LogP contribution in [0.4, 0.5) is 5.69 Å². The van der Waals surface area contributed by atoms with Crippen LogP contribution in [0.3, 0.4) is 0 Å². The summed E-state index contributed by atoms with van der Waals surface area (Å²) in [6.45, 7) is 4.61. The van der Waals surface area contributed by atoms with E-state index in [0.29, 0.717) is 12.0 Å². The van der Waals surface area contributed by atoms with Gasteiger partial charge in [0.1, 0.15) is 5.82 Å². The van der Waals surface area contributed by atoms with Crippen molar-refractivity contribution < 1.29 is 4.79 Å². The predicted octanol–water partition coefficient (Wildman–Crippen LogP) is 4.15. The van der Waals surface area contributed by atoms with Crippen LogP contribution < -0.4 is 21.5 Å². The number of imidazole rings is 1. The van der Waals surface area contributed by atoms with Gasteiger partial charge in [-0.05, 0) is 46.5 Å². The fourth-order valence-corrected chi connectivity index (χ4v) is 5.80. The summed E-state index contributed by atoms with van der Waals surface area (Å²) in [7, 11) is 0. The Balaban J connectivity index is 1.25. The number of fused-ring (bicyclic) bond motifs is 2. The highest BCUT2D eigenvalue weighted by molar-refractivity contribution is 7.08. The number of thiophene rings is 1. The van der Waals surface area contributed by atoms with Gasteiger partial charge in [0.25, 0.3) is 0 Å². The molecular weight excluding hydrogens is 458 g/mol. The summed E-state index contributed by atoms with van der Waals surface area (Å²) in [6.07, 6.45) is 4.52. The molecule has 2 saturated heterocycles. The number of pyridine rings is 1. The average molecular weight is 488 g/mol. The second-order valence-electron chi connectivity index (χ2n) is 9.72. The maximum absolute atomic E-state index is 12.1. The van der Waals surface area contributed by atoms with Crippen LogP contribution in [0, 0.1) is 11.8 Å². The third kappa shape index (κ3) is 4.25. The van der Waals surface area contributed by atoms with Crippen molar-refractivity contribution in [3.05, 3.63) is 64.9 Å². The van der Waals surface area contributed by atoms with Crippen LogP contribution in [-0.4, -0.2) is 33.4 Å². The number of benzene rings is 1. The Morgan fingerprint density at radius 1 is 1.20 bits per heavy atom. The van der Waals surface area contributed by atoms with E-state index in [1.54, 1.807) is 17.5 Å². The molecule has 8 nitrogen and oxygen atoms in total. The maximum atomic E-state index is 12.1. The summed E-state index contributed by atoms with van der Waals surface area (Å²) in [5, 5.41) is 10.9. The first-order valence-corrected chi connectivity index (χ1v) is 13.0. The third-order valence-electron chi connectivity index (χ3n) is 7.07. The van der Waals surface area contributed by atoms with Gasteiger partial charge in [-0.25, -0.2) is 10.4 Å². The van der Waals surface area contributed by atoms with E-state index in [0.717, 1.165) is 46.6 Å². The highest BCUT2D eigenvalue weighted by Crippen LogP contribution is 2.39. The maximum Gasteiger partial charge on any atom is 0.226 e. The van der Waals surface area contributed by atoms with Gasteiger partial charge in [0, 0.05) is 42.2 Å². The quantitative estimate of drug-likeness (QED) is 0.290. The molecule has 0 bridgehead atoms. The van der Waals surface area contributed by atoms with Crippen molar-refractivity contribution in [2.75, 3.05) is 11.9 Å². The highest BCUT2D eigenvalue weighted by Gasteiger charge is 2.42. The second kappa shape index (κ2) is 9.16. The molecule has 0 saturated carbocycles. The molecule has 4 atom stereocenters. The van der Waals surface area contributed by atoms with Gasteiger partial charge < -0.3 is 15.6 Å². The summed E-state index contributed by atoms with van der Waals surface area (Å²) >= 11 is 1.70. The zero-order valence-corrected chi connectivity index (χ0v) is 20.5. The number of anilines is 1. The van der Waals surface area contributed by atoms with Gasteiger partial charge in [-0.1, -0.05) is 26.0 Å². The van der Waals surface area contributed by atoms with Gasteiger partial charge in [0.05, 0.1) is 29.0 Å². The molecule has 2 aliphatic heterocycles. The van der Waals surface area contributed by atoms with E-state index in [4.69, 9.17) is 4.98 Å². The molecule has 2 fully saturated rings. The van der Waals surface area contributed by atoms with Crippen molar-refractivity contribution in [1.82, 2.24) is 31.1 Å². The molecule has 4 aromatic rings. The third-order valence-corrected chi connectivity index (χ3v) is 7.76. The number of piperidine rings is 1. The van der Waals surface area contributed by atoms with E-state index in [1.807, 2.05) is 26.1 Å². The fraction of sp³-hybridized carbons (Fsp3) is 0.346. The normalized spacial score (nSPS) is 24.1. The van der Waals surface area contributed by atoms with Crippen LogP contribution in [0.2, 0.25) is 0 Å². The lowest BCUT2D eigenvalue weighted by Gasteiger charge is -2.34. The molecule has 0 radical (unpaired) electrons. The van der Waals surface area contributed by atoms with E-state index in [-0.39, 0.29) is 23.9 Å². The SMILES string of the molecule is CC(C)C(=O)Nc1cncc(C2CC3C(CN2)NNC3c2nc3c(-c4ccsc4)cccc3[nH]2)c1. The monoisotopic (exact) mass is 487 g/mol. The Morgan fingerprint density at radius 2 is 2.11 bits per heavy atom. The van der Waals surface area contributed by atoms with Crippen molar-refractivity contribution in [1.29, 1.82) is 0 Å². The number of nitrogens with zero attached hydrogens (tertiary/aromatic N) is 2. The van der Waals surface area contributed by atoms with E-state index in [2.05, 4.69) is 66.5 Å². The van der Waals surface area contributed by atoms with Gasteiger partial charge in [-0.2, -0.15) is 11.3 Å². The van der Waals surface area contributed by atoms with Crippen LogP contribution in [0.1, 0.15) is 43.7 Å². The standard InChI is InChI=1S/C26H29N7OS/c1-14(2)26(34)29-17-8-16(10-27-11-17)21-9-19-22(12-28-21)32-33-24(19)25-30-20-5-3-4-18(23(20)31-25)15-6-7-35-13-15/h3-8,10-11,13-14,19,21-22,24,28,32-33H,9,12H2,1-2H3,(H,29,34)(H,30,31). The van der Waals surface area contributed by atoms with E-state index < -0.39 is 0 Å². The summed E-state index contributed by atoms with van der Waals surface area (Å²) in [5.41, 5.74) is 13.2. The fourth-order valence-electron chi connectivity index (χ4n) is 5.15. The minimum Gasteiger partial charge on any atom is -0.341 e. The van der Waals surface area contributed by atoms with Crippen molar-refractivity contribution in [2.24, 2.45) is 11.8 Å². The minimum atomic E-state index is -0.0762. The lowest BCUT2D eigenvalue weighted by atomic mass is 9.82. The first-order chi connectivity index (χ1) is 17.1. The molecule has 1 aromatic carbocycles. The van der Waals surface area contributed by atoms with Crippen molar-refractivity contribution in [3.63, 3.8) is 0 Å². The number of hydrazine groups is 1. The molecule has 0 aliphatic carbocycles. The lowest BCUT2D eigenvalue weighted by Crippen LogP contribution is -2.46. The largest absolute Gasteiger partial charge is 0.341 e. The molecule has 3 aromatic heterocycles. The Kier molecular flexibility index (Phi) is 5.85. The van der Waals surface area contributed by atoms with Gasteiger partial charge in [0.15, 0.2) is 0 Å². The first-order valence-electron chi connectivity index (χ1n) is 12.1. The number of nitrogens with one attached hydrogen (secondary N) is 5. The zero-order valence-electron chi connectivity index (χ0n) is 19.7. The van der Waals surface area contributed by atoms with Crippen LogP contribution in [-0.2, 0) is 4.79 Å². The van der Waals surface area contributed by atoms with Crippen LogP contribution >= 0.6 is 11.3 Å². The highest BCUT2D eigenvalue weighted by atomic mass is 32.1. The number of H-pyrrole nitrogens is 1. The molecule has 9 heteroatoms. The smallest absolute Gasteiger partial charge is 0.226 e.